The Morgan fingerprint density at radius 3 is 2.69 bits per heavy atom. The van der Waals surface area contributed by atoms with Crippen molar-refractivity contribution in [1.29, 1.82) is 0 Å². The zero-order chi connectivity index (χ0) is 18.7. The Balaban J connectivity index is 1.91. The molecule has 2 aromatic carbocycles. The van der Waals surface area contributed by atoms with Crippen LogP contribution in [0.15, 0.2) is 36.4 Å². The molecule has 136 valence electrons. The number of nitrogens with zero attached hydrogens (tertiary/aromatic N) is 2. The number of benzene rings is 2. The molecule has 3 rings (SSSR count). The molecular weight excluding hydrogens is 358 g/mol. The second-order valence-corrected chi connectivity index (χ2v) is 6.36. The van der Waals surface area contributed by atoms with E-state index in [-0.39, 0.29) is 11.3 Å². The van der Waals surface area contributed by atoms with Gasteiger partial charge in [0.05, 0.1) is 29.5 Å². The number of nitro groups is 1. The van der Waals surface area contributed by atoms with Gasteiger partial charge in [0.1, 0.15) is 0 Å². The molecule has 26 heavy (non-hydrogen) atoms. The third-order valence-electron chi connectivity index (χ3n) is 4.31. The van der Waals surface area contributed by atoms with E-state index < -0.39 is 10.8 Å². The summed E-state index contributed by atoms with van der Waals surface area (Å²) in [5.74, 6) is -0.414. The lowest BCUT2D eigenvalue weighted by molar-refractivity contribution is -0.385. The summed E-state index contributed by atoms with van der Waals surface area (Å²) in [6, 6.07) is 9.74. The fourth-order valence-electron chi connectivity index (χ4n) is 2.95. The highest BCUT2D eigenvalue weighted by Crippen LogP contribution is 2.31. The van der Waals surface area contributed by atoms with Crippen molar-refractivity contribution >= 4 is 34.6 Å². The van der Waals surface area contributed by atoms with E-state index in [0.29, 0.717) is 42.6 Å². The van der Waals surface area contributed by atoms with Gasteiger partial charge < -0.3 is 15.0 Å². The molecule has 2 aromatic rings. The fourth-order valence-corrected chi connectivity index (χ4v) is 3.12. The highest BCUT2D eigenvalue weighted by molar-refractivity contribution is 6.31. The minimum Gasteiger partial charge on any atom is -0.378 e. The van der Waals surface area contributed by atoms with E-state index in [1.165, 1.54) is 12.1 Å². The number of amides is 1. The Bertz CT molecular complexity index is 850. The lowest BCUT2D eigenvalue weighted by atomic mass is 10.1. The Labute approximate surface area is 155 Å². The van der Waals surface area contributed by atoms with Gasteiger partial charge in [0.25, 0.3) is 11.6 Å². The summed E-state index contributed by atoms with van der Waals surface area (Å²) in [5, 5.41) is 14.4. The van der Waals surface area contributed by atoms with E-state index in [4.69, 9.17) is 16.3 Å². The molecule has 0 spiro atoms. The van der Waals surface area contributed by atoms with Crippen molar-refractivity contribution in [3.63, 3.8) is 0 Å². The molecule has 1 fully saturated rings. The average molecular weight is 376 g/mol. The van der Waals surface area contributed by atoms with Gasteiger partial charge in [0, 0.05) is 35.3 Å². The first-order chi connectivity index (χ1) is 12.5. The second-order valence-electron chi connectivity index (χ2n) is 5.92. The summed E-state index contributed by atoms with van der Waals surface area (Å²) in [6.45, 7) is 4.20. The first kappa shape index (κ1) is 18.2. The topological polar surface area (TPSA) is 84.7 Å². The minimum absolute atomic E-state index is 0.0860. The molecule has 1 amide bonds. The molecule has 0 radical (unpaired) electrons. The molecule has 0 saturated carbocycles. The van der Waals surface area contributed by atoms with Crippen LogP contribution in [0.2, 0.25) is 5.02 Å². The van der Waals surface area contributed by atoms with E-state index in [9.17, 15) is 14.9 Å². The summed E-state index contributed by atoms with van der Waals surface area (Å²) >= 11 is 6.10. The Morgan fingerprint density at radius 1 is 1.27 bits per heavy atom. The SMILES string of the molecule is Cc1c(C(=O)Nc2cc(Cl)ccc2N2CCOCC2)cccc1[N+](=O)[O-]. The zero-order valence-electron chi connectivity index (χ0n) is 14.2. The first-order valence-electron chi connectivity index (χ1n) is 8.15. The van der Waals surface area contributed by atoms with Gasteiger partial charge in [-0.05, 0) is 31.2 Å². The highest BCUT2D eigenvalue weighted by Gasteiger charge is 2.21. The molecule has 8 heteroatoms. The largest absolute Gasteiger partial charge is 0.378 e. The van der Waals surface area contributed by atoms with Crippen molar-refractivity contribution in [2.24, 2.45) is 0 Å². The van der Waals surface area contributed by atoms with Crippen LogP contribution in [0.5, 0.6) is 0 Å². The van der Waals surface area contributed by atoms with Crippen LogP contribution in [0.1, 0.15) is 15.9 Å². The first-order valence-corrected chi connectivity index (χ1v) is 8.53. The van der Waals surface area contributed by atoms with E-state index in [1.54, 1.807) is 25.1 Å². The second kappa shape index (κ2) is 7.72. The van der Waals surface area contributed by atoms with Crippen molar-refractivity contribution in [2.75, 3.05) is 36.5 Å². The van der Waals surface area contributed by atoms with Crippen LogP contribution in [-0.2, 0) is 4.74 Å². The fraction of sp³-hybridized carbons (Fsp3) is 0.278. The maximum absolute atomic E-state index is 12.7. The number of nitro benzene ring substituents is 1. The monoisotopic (exact) mass is 375 g/mol. The lowest BCUT2D eigenvalue weighted by Gasteiger charge is -2.30. The van der Waals surface area contributed by atoms with Crippen molar-refractivity contribution < 1.29 is 14.5 Å². The molecule has 0 unspecified atom stereocenters. The zero-order valence-corrected chi connectivity index (χ0v) is 15.0. The molecule has 1 aliphatic heterocycles. The summed E-state index contributed by atoms with van der Waals surface area (Å²) in [4.78, 5) is 25.4. The molecule has 1 N–H and O–H groups in total. The number of halogens is 1. The van der Waals surface area contributed by atoms with Gasteiger partial charge >= 0.3 is 0 Å². The van der Waals surface area contributed by atoms with Gasteiger partial charge in [-0.1, -0.05) is 17.7 Å². The third kappa shape index (κ3) is 3.79. The van der Waals surface area contributed by atoms with Gasteiger partial charge in [-0.15, -0.1) is 0 Å². The van der Waals surface area contributed by atoms with Crippen LogP contribution in [0.3, 0.4) is 0 Å². The van der Waals surface area contributed by atoms with Crippen LogP contribution < -0.4 is 10.2 Å². The number of hydrogen-bond donors (Lipinski definition) is 1. The number of ether oxygens (including phenoxy) is 1. The lowest BCUT2D eigenvalue weighted by Crippen LogP contribution is -2.36. The minimum atomic E-state index is -0.495. The maximum Gasteiger partial charge on any atom is 0.273 e. The number of carbonyl (C=O) groups is 1. The number of rotatable bonds is 4. The van der Waals surface area contributed by atoms with E-state index >= 15 is 0 Å². The van der Waals surface area contributed by atoms with Crippen LogP contribution in [0.25, 0.3) is 0 Å². The number of anilines is 2. The van der Waals surface area contributed by atoms with Gasteiger partial charge in [0.15, 0.2) is 0 Å². The van der Waals surface area contributed by atoms with Crippen LogP contribution in [-0.4, -0.2) is 37.1 Å². The van der Waals surface area contributed by atoms with Gasteiger partial charge in [-0.3, -0.25) is 14.9 Å². The van der Waals surface area contributed by atoms with E-state index in [0.717, 1.165) is 5.69 Å². The third-order valence-corrected chi connectivity index (χ3v) is 4.54. The Morgan fingerprint density at radius 2 is 2.00 bits per heavy atom. The molecule has 0 aromatic heterocycles. The number of carbonyl (C=O) groups excluding carboxylic acids is 1. The quantitative estimate of drug-likeness (QED) is 0.651. The maximum atomic E-state index is 12.7. The smallest absolute Gasteiger partial charge is 0.273 e. The molecule has 1 heterocycles. The predicted molar refractivity (Wildman–Crippen MR) is 100 cm³/mol. The number of hydrogen-bond acceptors (Lipinski definition) is 5. The molecule has 0 aliphatic carbocycles. The Hall–Kier alpha value is -2.64. The Kier molecular flexibility index (Phi) is 5.39. The summed E-state index contributed by atoms with van der Waals surface area (Å²) in [5.41, 5.74) is 1.90. The van der Waals surface area contributed by atoms with Crippen molar-refractivity contribution in [1.82, 2.24) is 0 Å². The summed E-state index contributed by atoms with van der Waals surface area (Å²) < 4.78 is 5.37. The van der Waals surface area contributed by atoms with Crippen LogP contribution >= 0.6 is 11.6 Å². The van der Waals surface area contributed by atoms with Crippen LogP contribution in [0, 0.1) is 17.0 Å². The van der Waals surface area contributed by atoms with Gasteiger partial charge in [-0.25, -0.2) is 0 Å². The van der Waals surface area contributed by atoms with Crippen molar-refractivity contribution in [2.45, 2.75) is 6.92 Å². The molecule has 7 nitrogen and oxygen atoms in total. The number of nitrogens with one attached hydrogen (secondary N) is 1. The summed E-state index contributed by atoms with van der Waals surface area (Å²) in [7, 11) is 0. The average Bonchev–Trinajstić information content (AvgIpc) is 2.62. The van der Waals surface area contributed by atoms with Gasteiger partial charge in [-0.2, -0.15) is 0 Å². The molecule has 1 saturated heterocycles. The normalized spacial score (nSPS) is 14.2. The highest BCUT2D eigenvalue weighted by atomic mass is 35.5. The molecular formula is C18H18ClN3O4. The standard InChI is InChI=1S/C18H18ClN3O4/c1-12-14(3-2-4-16(12)22(24)25)18(23)20-15-11-13(19)5-6-17(15)21-7-9-26-10-8-21/h2-6,11H,7-10H2,1H3,(H,20,23). The molecule has 1 aliphatic rings. The van der Waals surface area contributed by atoms with Crippen molar-refractivity contribution in [3.8, 4) is 0 Å². The molecule has 0 atom stereocenters. The van der Waals surface area contributed by atoms with Crippen molar-refractivity contribution in [3.05, 3.63) is 62.7 Å². The number of morpholine rings is 1. The van der Waals surface area contributed by atoms with Gasteiger partial charge in [0.2, 0.25) is 0 Å². The summed E-state index contributed by atoms with van der Waals surface area (Å²) in [6.07, 6.45) is 0. The van der Waals surface area contributed by atoms with E-state index in [2.05, 4.69) is 10.2 Å². The molecule has 0 bridgehead atoms. The van der Waals surface area contributed by atoms with E-state index in [1.807, 2.05) is 6.07 Å². The predicted octanol–water partition coefficient (Wildman–Crippen LogP) is 3.65. The van der Waals surface area contributed by atoms with Crippen LogP contribution in [0.4, 0.5) is 17.1 Å².